The molecule has 2 N–H and O–H groups in total. The van der Waals surface area contributed by atoms with Gasteiger partial charge in [-0.25, -0.2) is 4.98 Å². The van der Waals surface area contributed by atoms with Gasteiger partial charge in [0.2, 0.25) is 5.91 Å². The van der Waals surface area contributed by atoms with Crippen LogP contribution in [-0.2, 0) is 4.79 Å². The standard InChI is InChI=1S/C14H17N3O/c1-9(17-11(3)18)12-4-6-13(7-5-12)14-10(2)15-8-16-14/h4-9H,1-3H3,(H,15,16)(H,17,18). The molecule has 18 heavy (non-hydrogen) atoms. The van der Waals surface area contributed by atoms with Crippen LogP contribution in [0.4, 0.5) is 0 Å². The van der Waals surface area contributed by atoms with Crippen molar-refractivity contribution in [1.29, 1.82) is 0 Å². The number of imidazole rings is 1. The topological polar surface area (TPSA) is 57.8 Å². The van der Waals surface area contributed by atoms with Crippen molar-refractivity contribution < 1.29 is 4.79 Å². The summed E-state index contributed by atoms with van der Waals surface area (Å²) in [6.45, 7) is 5.49. The lowest BCUT2D eigenvalue weighted by Crippen LogP contribution is -2.23. The third kappa shape index (κ3) is 2.59. The van der Waals surface area contributed by atoms with Crippen molar-refractivity contribution in [3.8, 4) is 11.3 Å². The predicted octanol–water partition coefficient (Wildman–Crippen LogP) is 2.58. The fraction of sp³-hybridized carbons (Fsp3) is 0.286. The number of aromatic amines is 1. The van der Waals surface area contributed by atoms with Crippen molar-refractivity contribution in [2.75, 3.05) is 0 Å². The molecule has 1 unspecified atom stereocenters. The number of carbonyl (C=O) groups excluding carboxylic acids is 1. The van der Waals surface area contributed by atoms with E-state index < -0.39 is 0 Å². The second-order valence-corrected chi connectivity index (χ2v) is 4.42. The van der Waals surface area contributed by atoms with Gasteiger partial charge in [0.25, 0.3) is 0 Å². The molecule has 1 aromatic heterocycles. The van der Waals surface area contributed by atoms with E-state index in [2.05, 4.69) is 15.3 Å². The number of aryl methyl sites for hydroxylation is 1. The van der Waals surface area contributed by atoms with Gasteiger partial charge in [-0.2, -0.15) is 0 Å². The lowest BCUT2D eigenvalue weighted by molar-refractivity contribution is -0.119. The molecule has 0 aliphatic carbocycles. The lowest BCUT2D eigenvalue weighted by atomic mass is 10.0. The highest BCUT2D eigenvalue weighted by atomic mass is 16.1. The molecule has 2 aromatic rings. The van der Waals surface area contributed by atoms with E-state index in [0.717, 1.165) is 22.5 Å². The van der Waals surface area contributed by atoms with Crippen LogP contribution in [-0.4, -0.2) is 15.9 Å². The van der Waals surface area contributed by atoms with Gasteiger partial charge in [-0.1, -0.05) is 24.3 Å². The molecule has 0 saturated carbocycles. The molecule has 0 spiro atoms. The summed E-state index contributed by atoms with van der Waals surface area (Å²) in [5.41, 5.74) is 4.18. The number of hydrogen-bond acceptors (Lipinski definition) is 2. The number of nitrogens with zero attached hydrogens (tertiary/aromatic N) is 1. The molecular formula is C14H17N3O. The number of rotatable bonds is 3. The lowest BCUT2D eigenvalue weighted by Gasteiger charge is -2.13. The molecule has 1 atom stereocenters. The molecule has 2 rings (SSSR count). The van der Waals surface area contributed by atoms with Gasteiger partial charge in [-0.3, -0.25) is 4.79 Å². The Labute approximate surface area is 106 Å². The van der Waals surface area contributed by atoms with Crippen LogP contribution < -0.4 is 5.32 Å². The van der Waals surface area contributed by atoms with Crippen LogP contribution >= 0.6 is 0 Å². The minimum atomic E-state index is -0.0188. The van der Waals surface area contributed by atoms with Gasteiger partial charge < -0.3 is 10.3 Å². The molecule has 0 bridgehead atoms. The Morgan fingerprint density at radius 1 is 1.33 bits per heavy atom. The van der Waals surface area contributed by atoms with Crippen LogP contribution in [0.2, 0.25) is 0 Å². The average molecular weight is 243 g/mol. The fourth-order valence-corrected chi connectivity index (χ4v) is 1.97. The minimum Gasteiger partial charge on any atom is -0.350 e. The zero-order chi connectivity index (χ0) is 13.1. The molecule has 0 aliphatic rings. The summed E-state index contributed by atoms with van der Waals surface area (Å²) in [6, 6.07) is 8.11. The maximum absolute atomic E-state index is 11.0. The first kappa shape index (κ1) is 12.4. The molecule has 1 aromatic carbocycles. The van der Waals surface area contributed by atoms with Crippen LogP contribution in [0.1, 0.15) is 31.1 Å². The van der Waals surface area contributed by atoms with E-state index in [0.29, 0.717) is 0 Å². The van der Waals surface area contributed by atoms with Gasteiger partial charge in [0.05, 0.1) is 18.1 Å². The van der Waals surface area contributed by atoms with Crippen LogP contribution in [0.25, 0.3) is 11.3 Å². The Hall–Kier alpha value is -2.10. The molecule has 0 aliphatic heterocycles. The fourth-order valence-electron chi connectivity index (χ4n) is 1.97. The first-order valence-corrected chi connectivity index (χ1v) is 5.95. The Morgan fingerprint density at radius 3 is 2.50 bits per heavy atom. The van der Waals surface area contributed by atoms with Gasteiger partial charge in [-0.15, -0.1) is 0 Å². The molecule has 4 heteroatoms. The van der Waals surface area contributed by atoms with Crippen LogP contribution in [0.15, 0.2) is 30.6 Å². The first-order valence-electron chi connectivity index (χ1n) is 5.95. The van der Waals surface area contributed by atoms with Crippen molar-refractivity contribution in [3.63, 3.8) is 0 Å². The second-order valence-electron chi connectivity index (χ2n) is 4.42. The van der Waals surface area contributed by atoms with Gasteiger partial charge >= 0.3 is 0 Å². The summed E-state index contributed by atoms with van der Waals surface area (Å²) in [5, 5.41) is 2.86. The van der Waals surface area contributed by atoms with Crippen molar-refractivity contribution in [2.45, 2.75) is 26.8 Å². The number of amides is 1. The summed E-state index contributed by atoms with van der Waals surface area (Å²) in [4.78, 5) is 18.3. The first-order chi connectivity index (χ1) is 8.58. The maximum Gasteiger partial charge on any atom is 0.217 e. The van der Waals surface area contributed by atoms with Crippen molar-refractivity contribution in [1.82, 2.24) is 15.3 Å². The molecule has 0 fully saturated rings. The van der Waals surface area contributed by atoms with E-state index in [1.54, 1.807) is 6.33 Å². The van der Waals surface area contributed by atoms with E-state index in [4.69, 9.17) is 0 Å². The van der Waals surface area contributed by atoms with Crippen molar-refractivity contribution in [3.05, 3.63) is 41.9 Å². The van der Waals surface area contributed by atoms with E-state index >= 15 is 0 Å². The number of hydrogen-bond donors (Lipinski definition) is 2. The monoisotopic (exact) mass is 243 g/mol. The van der Waals surface area contributed by atoms with E-state index in [9.17, 15) is 4.79 Å². The van der Waals surface area contributed by atoms with E-state index in [-0.39, 0.29) is 11.9 Å². The summed E-state index contributed by atoms with van der Waals surface area (Å²) < 4.78 is 0. The number of aromatic nitrogens is 2. The van der Waals surface area contributed by atoms with Gasteiger partial charge in [0, 0.05) is 18.2 Å². The molecule has 4 nitrogen and oxygen atoms in total. The Bertz CT molecular complexity index is 542. The van der Waals surface area contributed by atoms with Crippen LogP contribution in [0, 0.1) is 6.92 Å². The smallest absolute Gasteiger partial charge is 0.217 e. The second kappa shape index (κ2) is 5.04. The number of benzene rings is 1. The molecule has 1 heterocycles. The number of nitrogens with one attached hydrogen (secondary N) is 2. The summed E-state index contributed by atoms with van der Waals surface area (Å²) >= 11 is 0. The van der Waals surface area contributed by atoms with E-state index in [1.807, 2.05) is 38.1 Å². The molecule has 0 radical (unpaired) electrons. The Kier molecular flexibility index (Phi) is 3.46. The zero-order valence-electron chi connectivity index (χ0n) is 10.8. The normalized spacial score (nSPS) is 12.2. The van der Waals surface area contributed by atoms with Crippen LogP contribution in [0.3, 0.4) is 0 Å². The number of carbonyl (C=O) groups is 1. The predicted molar refractivity (Wildman–Crippen MR) is 71.0 cm³/mol. The largest absolute Gasteiger partial charge is 0.350 e. The number of H-pyrrole nitrogens is 1. The third-order valence-electron chi connectivity index (χ3n) is 2.93. The quantitative estimate of drug-likeness (QED) is 0.870. The van der Waals surface area contributed by atoms with Gasteiger partial charge in [0.15, 0.2) is 0 Å². The molecule has 0 saturated heterocycles. The highest BCUT2D eigenvalue weighted by Crippen LogP contribution is 2.22. The SMILES string of the molecule is CC(=O)NC(C)c1ccc(-c2nc[nH]c2C)cc1. The van der Waals surface area contributed by atoms with Crippen molar-refractivity contribution in [2.24, 2.45) is 0 Å². The molecular weight excluding hydrogens is 226 g/mol. The summed E-state index contributed by atoms with van der Waals surface area (Å²) in [5.74, 6) is -0.0188. The summed E-state index contributed by atoms with van der Waals surface area (Å²) in [7, 11) is 0. The highest BCUT2D eigenvalue weighted by molar-refractivity contribution is 5.73. The van der Waals surface area contributed by atoms with E-state index in [1.165, 1.54) is 6.92 Å². The Balaban J connectivity index is 2.20. The van der Waals surface area contributed by atoms with Gasteiger partial charge in [-0.05, 0) is 19.4 Å². The van der Waals surface area contributed by atoms with Gasteiger partial charge in [0.1, 0.15) is 0 Å². The average Bonchev–Trinajstić information content (AvgIpc) is 2.75. The third-order valence-corrected chi connectivity index (χ3v) is 2.93. The Morgan fingerprint density at radius 2 is 2.00 bits per heavy atom. The van der Waals surface area contributed by atoms with Crippen molar-refractivity contribution >= 4 is 5.91 Å². The molecule has 1 amide bonds. The summed E-state index contributed by atoms with van der Waals surface area (Å²) in [6.07, 6.45) is 1.69. The highest BCUT2D eigenvalue weighted by Gasteiger charge is 2.08. The van der Waals surface area contributed by atoms with Crippen LogP contribution in [0.5, 0.6) is 0 Å². The zero-order valence-corrected chi connectivity index (χ0v) is 10.8. The maximum atomic E-state index is 11.0. The molecule has 94 valence electrons. The minimum absolute atomic E-state index is 0.0188.